The average Bonchev–Trinajstić information content (AvgIpc) is 3.21. The smallest absolute Gasteiger partial charge is 0.277 e. The first kappa shape index (κ1) is 17.7. The van der Waals surface area contributed by atoms with E-state index in [9.17, 15) is 4.79 Å². The van der Waals surface area contributed by atoms with Crippen LogP contribution in [0, 0.1) is 6.92 Å². The van der Waals surface area contributed by atoms with Crippen LogP contribution in [-0.4, -0.2) is 26.2 Å². The third kappa shape index (κ3) is 3.56. The molecule has 0 unspecified atom stereocenters. The van der Waals surface area contributed by atoms with Gasteiger partial charge < -0.3 is 13.9 Å². The molecule has 1 atom stereocenters. The van der Waals surface area contributed by atoms with Gasteiger partial charge in [-0.3, -0.25) is 9.20 Å². The van der Waals surface area contributed by atoms with Crippen LogP contribution in [0.1, 0.15) is 23.3 Å². The Kier molecular flexibility index (Phi) is 4.44. The highest BCUT2D eigenvalue weighted by Gasteiger charge is 2.27. The third-order valence-electron chi connectivity index (χ3n) is 4.41. The van der Waals surface area contributed by atoms with E-state index in [0.29, 0.717) is 46.3 Å². The molecule has 9 heteroatoms. The van der Waals surface area contributed by atoms with Crippen molar-refractivity contribution in [1.82, 2.24) is 19.6 Å². The monoisotopic (exact) mass is 408 g/mol. The number of nitrogens with zero attached hydrogens (tertiary/aromatic N) is 4. The fourth-order valence-electron chi connectivity index (χ4n) is 3.02. The Balaban J connectivity index is 1.29. The minimum atomic E-state index is -0.460. The van der Waals surface area contributed by atoms with Crippen LogP contribution in [0.15, 0.2) is 63.1 Å². The first-order valence-electron chi connectivity index (χ1n) is 8.99. The van der Waals surface area contributed by atoms with Gasteiger partial charge in [-0.25, -0.2) is 4.98 Å². The Morgan fingerprint density at radius 3 is 2.93 bits per heavy atom. The molecule has 0 aliphatic carbocycles. The molecule has 0 radical (unpaired) electrons. The lowest BCUT2D eigenvalue weighted by atomic mass is 10.2. The van der Waals surface area contributed by atoms with Gasteiger partial charge in [0.1, 0.15) is 12.3 Å². The van der Waals surface area contributed by atoms with Gasteiger partial charge in [0.05, 0.1) is 5.69 Å². The zero-order valence-electron chi connectivity index (χ0n) is 15.4. The maximum absolute atomic E-state index is 12.3. The molecule has 0 fully saturated rings. The molecule has 0 saturated heterocycles. The SMILES string of the molecule is Cc1ccc2nc(CSc3nnc([C@@H]4COc5ccccc5O4)o3)cc(=O)n2c1. The molecule has 4 aromatic rings. The fourth-order valence-corrected chi connectivity index (χ4v) is 3.68. The van der Waals surface area contributed by atoms with Gasteiger partial charge in [0.15, 0.2) is 11.5 Å². The molecule has 3 aromatic heterocycles. The van der Waals surface area contributed by atoms with Gasteiger partial charge in [-0.15, -0.1) is 10.2 Å². The average molecular weight is 408 g/mol. The molecule has 1 aliphatic rings. The normalized spacial score (nSPS) is 15.6. The molecule has 1 aromatic carbocycles. The summed E-state index contributed by atoms with van der Waals surface area (Å²) in [7, 11) is 0. The highest BCUT2D eigenvalue weighted by Crippen LogP contribution is 2.36. The van der Waals surface area contributed by atoms with E-state index in [2.05, 4.69) is 15.2 Å². The minimum absolute atomic E-state index is 0.119. The molecular weight excluding hydrogens is 392 g/mol. The molecule has 5 rings (SSSR count). The molecule has 8 nitrogen and oxygen atoms in total. The lowest BCUT2D eigenvalue weighted by molar-refractivity contribution is 0.0686. The van der Waals surface area contributed by atoms with Crippen molar-refractivity contribution in [1.29, 1.82) is 0 Å². The van der Waals surface area contributed by atoms with Gasteiger partial charge in [0.25, 0.3) is 16.7 Å². The number of thioether (sulfide) groups is 1. The van der Waals surface area contributed by atoms with Gasteiger partial charge in [0.2, 0.25) is 6.10 Å². The molecule has 4 heterocycles. The Hall–Kier alpha value is -3.33. The van der Waals surface area contributed by atoms with Gasteiger partial charge in [-0.2, -0.15) is 0 Å². The van der Waals surface area contributed by atoms with E-state index < -0.39 is 6.10 Å². The van der Waals surface area contributed by atoms with Crippen LogP contribution in [0.5, 0.6) is 11.5 Å². The molecule has 0 saturated carbocycles. The van der Waals surface area contributed by atoms with Gasteiger partial charge >= 0.3 is 0 Å². The molecule has 0 spiro atoms. The second-order valence-corrected chi connectivity index (χ2v) is 7.51. The Bertz CT molecular complexity index is 1250. The number of aromatic nitrogens is 4. The zero-order valence-corrected chi connectivity index (χ0v) is 16.3. The van der Waals surface area contributed by atoms with Crippen molar-refractivity contribution in [2.75, 3.05) is 6.61 Å². The second-order valence-electron chi connectivity index (χ2n) is 6.58. The Morgan fingerprint density at radius 2 is 2.03 bits per heavy atom. The van der Waals surface area contributed by atoms with E-state index in [-0.39, 0.29) is 5.56 Å². The summed E-state index contributed by atoms with van der Waals surface area (Å²) in [5.41, 5.74) is 2.14. The van der Waals surface area contributed by atoms with Crippen LogP contribution >= 0.6 is 11.8 Å². The van der Waals surface area contributed by atoms with Crippen molar-refractivity contribution in [3.8, 4) is 11.5 Å². The number of aryl methyl sites for hydroxylation is 1. The summed E-state index contributed by atoms with van der Waals surface area (Å²) in [6.07, 6.45) is 1.31. The largest absolute Gasteiger partial charge is 0.485 e. The highest BCUT2D eigenvalue weighted by atomic mass is 32.2. The second kappa shape index (κ2) is 7.25. The molecule has 0 amide bonds. The Labute approximate surface area is 169 Å². The summed E-state index contributed by atoms with van der Waals surface area (Å²) in [5, 5.41) is 8.51. The molecular formula is C20H16N4O4S. The summed E-state index contributed by atoms with van der Waals surface area (Å²) in [5.74, 6) is 2.13. The van der Waals surface area contributed by atoms with E-state index in [0.717, 1.165) is 5.56 Å². The summed E-state index contributed by atoms with van der Waals surface area (Å²) in [6, 6.07) is 12.7. The van der Waals surface area contributed by atoms with Crippen molar-refractivity contribution in [3.05, 3.63) is 76.2 Å². The van der Waals surface area contributed by atoms with Crippen LogP contribution in [0.25, 0.3) is 5.65 Å². The number of pyridine rings is 1. The predicted molar refractivity (Wildman–Crippen MR) is 105 cm³/mol. The van der Waals surface area contributed by atoms with E-state index in [1.165, 1.54) is 22.2 Å². The van der Waals surface area contributed by atoms with Crippen molar-refractivity contribution in [2.45, 2.75) is 24.0 Å². The maximum atomic E-state index is 12.3. The quantitative estimate of drug-likeness (QED) is 0.476. The first-order valence-corrected chi connectivity index (χ1v) is 9.98. The van der Waals surface area contributed by atoms with Crippen molar-refractivity contribution in [2.24, 2.45) is 0 Å². The molecule has 29 heavy (non-hydrogen) atoms. The molecule has 1 aliphatic heterocycles. The van der Waals surface area contributed by atoms with E-state index in [1.54, 1.807) is 6.20 Å². The first-order chi connectivity index (χ1) is 14.2. The minimum Gasteiger partial charge on any atom is -0.485 e. The van der Waals surface area contributed by atoms with E-state index in [4.69, 9.17) is 13.9 Å². The standard InChI is InChI=1S/C20H16N4O4S/c1-12-6-7-17-21-13(8-18(25)24(17)9-12)11-29-20-23-22-19(28-20)16-10-26-14-4-2-3-5-15(14)27-16/h2-9,16H,10-11H2,1H3/t16-/m0/s1. The van der Waals surface area contributed by atoms with Crippen LogP contribution in [-0.2, 0) is 5.75 Å². The van der Waals surface area contributed by atoms with Crippen molar-refractivity contribution >= 4 is 17.4 Å². The van der Waals surface area contributed by atoms with Gasteiger partial charge in [0, 0.05) is 18.0 Å². The predicted octanol–water partition coefficient (Wildman–Crippen LogP) is 3.19. The number of benzene rings is 1. The Morgan fingerprint density at radius 1 is 1.17 bits per heavy atom. The number of rotatable bonds is 4. The summed E-state index contributed by atoms with van der Waals surface area (Å²) < 4.78 is 18.8. The van der Waals surface area contributed by atoms with Crippen LogP contribution in [0.3, 0.4) is 0 Å². The van der Waals surface area contributed by atoms with Gasteiger partial charge in [-0.1, -0.05) is 30.0 Å². The summed E-state index contributed by atoms with van der Waals surface area (Å²) in [6.45, 7) is 2.23. The lowest BCUT2D eigenvalue weighted by Crippen LogP contribution is -2.21. The highest BCUT2D eigenvalue weighted by molar-refractivity contribution is 7.98. The maximum Gasteiger partial charge on any atom is 0.277 e. The van der Waals surface area contributed by atoms with E-state index >= 15 is 0 Å². The molecule has 0 N–H and O–H groups in total. The fraction of sp³-hybridized carbons (Fsp3) is 0.200. The summed E-state index contributed by atoms with van der Waals surface area (Å²) >= 11 is 1.32. The third-order valence-corrected chi connectivity index (χ3v) is 5.26. The number of para-hydroxylation sites is 2. The molecule has 0 bridgehead atoms. The van der Waals surface area contributed by atoms with Crippen LogP contribution in [0.4, 0.5) is 0 Å². The van der Waals surface area contributed by atoms with Crippen molar-refractivity contribution in [3.63, 3.8) is 0 Å². The topological polar surface area (TPSA) is 91.8 Å². The van der Waals surface area contributed by atoms with Crippen LogP contribution in [0.2, 0.25) is 0 Å². The number of ether oxygens (including phenoxy) is 2. The van der Waals surface area contributed by atoms with Crippen molar-refractivity contribution < 1.29 is 13.9 Å². The van der Waals surface area contributed by atoms with Gasteiger partial charge in [-0.05, 0) is 30.7 Å². The lowest BCUT2D eigenvalue weighted by Gasteiger charge is -2.23. The number of hydrogen-bond donors (Lipinski definition) is 0. The molecule has 146 valence electrons. The zero-order chi connectivity index (χ0) is 19.8. The number of hydrogen-bond acceptors (Lipinski definition) is 8. The summed E-state index contributed by atoms with van der Waals surface area (Å²) in [4.78, 5) is 16.8. The van der Waals surface area contributed by atoms with Crippen LogP contribution < -0.4 is 15.0 Å². The van der Waals surface area contributed by atoms with E-state index in [1.807, 2.05) is 43.3 Å². The number of fused-ring (bicyclic) bond motifs is 2.